The summed E-state index contributed by atoms with van der Waals surface area (Å²) in [5.74, 6) is 0.598. The quantitative estimate of drug-likeness (QED) is 0.506. The van der Waals surface area contributed by atoms with E-state index in [1.165, 1.54) is 6.39 Å². The highest BCUT2D eigenvalue weighted by atomic mass is 16.3. The molecule has 0 radical (unpaired) electrons. The van der Waals surface area contributed by atoms with E-state index in [-0.39, 0.29) is 0 Å². The Morgan fingerprint density at radius 1 is 0.889 bits per heavy atom. The van der Waals surface area contributed by atoms with Gasteiger partial charge in [-0.25, -0.2) is 9.97 Å². The maximum absolute atomic E-state index is 5.71. The van der Waals surface area contributed by atoms with Crippen LogP contribution in [-0.4, -0.2) is 9.97 Å². The Bertz CT molecular complexity index is 812. The Morgan fingerprint density at radius 3 is 2.78 bits per heavy atom. The van der Waals surface area contributed by atoms with E-state index in [0.717, 1.165) is 27.8 Å². The maximum atomic E-state index is 5.71. The minimum Gasteiger partial charge on any atom is -0.443 e. The third kappa shape index (κ3) is 1.32. The molecule has 2 aromatic carbocycles. The van der Waals surface area contributed by atoms with Crippen LogP contribution in [0.25, 0.3) is 33.7 Å². The Kier molecular flexibility index (Phi) is 1.80. The number of aromatic nitrogens is 2. The lowest BCUT2D eigenvalue weighted by molar-refractivity contribution is 0.602. The summed E-state index contributed by atoms with van der Waals surface area (Å²) in [5.41, 5.74) is 4.10. The number of para-hydroxylation sites is 2. The Hall–Kier alpha value is -2.62. The lowest BCUT2D eigenvalue weighted by atomic mass is 10.2. The van der Waals surface area contributed by atoms with Crippen molar-refractivity contribution >= 4 is 22.2 Å². The van der Waals surface area contributed by atoms with Gasteiger partial charge in [0, 0.05) is 5.56 Å². The number of benzene rings is 2. The molecule has 0 N–H and O–H groups in total. The first-order chi connectivity index (χ1) is 8.90. The van der Waals surface area contributed by atoms with Crippen molar-refractivity contribution in [2.75, 3.05) is 0 Å². The van der Waals surface area contributed by atoms with E-state index in [2.05, 4.69) is 9.97 Å². The maximum Gasteiger partial charge on any atom is 0.227 e. The molecule has 0 aliphatic heterocycles. The number of fused-ring (bicyclic) bond motifs is 2. The molecule has 0 fully saturated rings. The van der Waals surface area contributed by atoms with Crippen molar-refractivity contribution in [3.63, 3.8) is 0 Å². The van der Waals surface area contributed by atoms with Crippen molar-refractivity contribution < 1.29 is 8.83 Å². The summed E-state index contributed by atoms with van der Waals surface area (Å²) in [6.45, 7) is 0. The molecular weight excluding hydrogens is 228 g/mol. The first kappa shape index (κ1) is 9.41. The molecule has 0 spiro atoms. The average molecular weight is 236 g/mol. The highest BCUT2D eigenvalue weighted by Crippen LogP contribution is 2.26. The van der Waals surface area contributed by atoms with E-state index in [0.29, 0.717) is 5.89 Å². The van der Waals surface area contributed by atoms with Crippen LogP contribution in [0.15, 0.2) is 57.7 Å². The molecule has 0 saturated heterocycles. The van der Waals surface area contributed by atoms with Gasteiger partial charge in [-0.2, -0.15) is 0 Å². The van der Waals surface area contributed by atoms with Gasteiger partial charge in [-0.15, -0.1) is 0 Å². The van der Waals surface area contributed by atoms with E-state index in [1.54, 1.807) is 0 Å². The zero-order chi connectivity index (χ0) is 11.9. The van der Waals surface area contributed by atoms with Gasteiger partial charge in [-0.3, -0.25) is 0 Å². The van der Waals surface area contributed by atoms with Gasteiger partial charge in [0.2, 0.25) is 5.89 Å². The molecule has 4 nitrogen and oxygen atoms in total. The van der Waals surface area contributed by atoms with E-state index in [9.17, 15) is 0 Å². The van der Waals surface area contributed by atoms with Crippen LogP contribution in [0.2, 0.25) is 0 Å². The number of hydrogen-bond donors (Lipinski definition) is 0. The van der Waals surface area contributed by atoms with Gasteiger partial charge in [0.15, 0.2) is 17.6 Å². The van der Waals surface area contributed by atoms with Crippen LogP contribution in [0, 0.1) is 0 Å². The summed E-state index contributed by atoms with van der Waals surface area (Å²) in [5, 5.41) is 0. The van der Waals surface area contributed by atoms with Crippen molar-refractivity contribution in [1.82, 2.24) is 9.97 Å². The Balaban J connectivity index is 1.94. The van der Waals surface area contributed by atoms with Crippen LogP contribution in [0.4, 0.5) is 0 Å². The highest BCUT2D eigenvalue weighted by molar-refractivity contribution is 5.81. The molecular formula is C14H8N2O2. The molecule has 0 unspecified atom stereocenters. The number of oxazole rings is 2. The molecule has 0 saturated carbocycles. The van der Waals surface area contributed by atoms with E-state index >= 15 is 0 Å². The first-order valence-corrected chi connectivity index (χ1v) is 5.59. The van der Waals surface area contributed by atoms with Gasteiger partial charge in [-0.1, -0.05) is 12.1 Å². The molecule has 0 atom stereocenters. The number of nitrogens with zero attached hydrogens (tertiary/aromatic N) is 2. The number of rotatable bonds is 1. The van der Waals surface area contributed by atoms with Crippen LogP contribution in [0.5, 0.6) is 0 Å². The molecule has 0 aliphatic rings. The molecule has 0 bridgehead atoms. The van der Waals surface area contributed by atoms with Crippen LogP contribution in [-0.2, 0) is 0 Å². The minimum absolute atomic E-state index is 0.598. The van der Waals surface area contributed by atoms with Gasteiger partial charge in [-0.05, 0) is 30.3 Å². The summed E-state index contributed by atoms with van der Waals surface area (Å²) < 4.78 is 10.9. The minimum atomic E-state index is 0.598. The lowest BCUT2D eigenvalue weighted by Crippen LogP contribution is -1.77. The second-order valence-corrected chi connectivity index (χ2v) is 4.02. The average Bonchev–Trinajstić information content (AvgIpc) is 3.04. The molecule has 18 heavy (non-hydrogen) atoms. The van der Waals surface area contributed by atoms with Crippen molar-refractivity contribution in [2.45, 2.75) is 0 Å². The summed E-state index contributed by atoms with van der Waals surface area (Å²) in [6, 6.07) is 13.4. The van der Waals surface area contributed by atoms with E-state index < -0.39 is 0 Å². The third-order valence-electron chi connectivity index (χ3n) is 2.87. The van der Waals surface area contributed by atoms with Crippen molar-refractivity contribution in [3.8, 4) is 11.5 Å². The van der Waals surface area contributed by atoms with Crippen molar-refractivity contribution in [3.05, 3.63) is 48.9 Å². The van der Waals surface area contributed by atoms with Gasteiger partial charge in [0.25, 0.3) is 0 Å². The molecule has 2 heterocycles. The third-order valence-corrected chi connectivity index (χ3v) is 2.87. The van der Waals surface area contributed by atoms with E-state index in [1.807, 2.05) is 42.5 Å². The molecule has 2 aromatic heterocycles. The fourth-order valence-corrected chi connectivity index (χ4v) is 1.99. The fraction of sp³-hybridized carbons (Fsp3) is 0. The molecule has 0 amide bonds. The topological polar surface area (TPSA) is 52.1 Å². The van der Waals surface area contributed by atoms with E-state index in [4.69, 9.17) is 8.83 Å². The zero-order valence-corrected chi connectivity index (χ0v) is 9.33. The normalized spacial score (nSPS) is 11.3. The van der Waals surface area contributed by atoms with Gasteiger partial charge in [0.1, 0.15) is 11.0 Å². The molecule has 0 aliphatic carbocycles. The second-order valence-electron chi connectivity index (χ2n) is 4.02. The molecule has 4 heteroatoms. The van der Waals surface area contributed by atoms with Gasteiger partial charge < -0.3 is 8.83 Å². The first-order valence-electron chi connectivity index (χ1n) is 5.59. The highest BCUT2D eigenvalue weighted by Gasteiger charge is 2.09. The predicted octanol–water partition coefficient (Wildman–Crippen LogP) is 3.64. The van der Waals surface area contributed by atoms with Gasteiger partial charge >= 0.3 is 0 Å². The SMILES string of the molecule is c1ccc2oc(-c3ccc4ocnc4c3)nc2c1. The Labute approximate surface area is 102 Å². The summed E-state index contributed by atoms with van der Waals surface area (Å²) in [6.07, 6.45) is 1.43. The molecule has 4 rings (SSSR count). The summed E-state index contributed by atoms with van der Waals surface area (Å²) in [4.78, 5) is 8.57. The van der Waals surface area contributed by atoms with Crippen LogP contribution in [0.3, 0.4) is 0 Å². The van der Waals surface area contributed by atoms with Gasteiger partial charge in [0.05, 0.1) is 0 Å². The molecule has 86 valence electrons. The zero-order valence-electron chi connectivity index (χ0n) is 9.33. The number of hydrogen-bond acceptors (Lipinski definition) is 4. The predicted molar refractivity (Wildman–Crippen MR) is 67.0 cm³/mol. The summed E-state index contributed by atoms with van der Waals surface area (Å²) in [7, 11) is 0. The largest absolute Gasteiger partial charge is 0.443 e. The molecule has 4 aromatic rings. The van der Waals surface area contributed by atoms with Crippen LogP contribution in [0.1, 0.15) is 0 Å². The lowest BCUT2D eigenvalue weighted by Gasteiger charge is -1.93. The van der Waals surface area contributed by atoms with Crippen LogP contribution >= 0.6 is 0 Å². The smallest absolute Gasteiger partial charge is 0.227 e. The monoisotopic (exact) mass is 236 g/mol. The van der Waals surface area contributed by atoms with Crippen molar-refractivity contribution in [2.24, 2.45) is 0 Å². The van der Waals surface area contributed by atoms with Crippen molar-refractivity contribution in [1.29, 1.82) is 0 Å². The summed E-state index contributed by atoms with van der Waals surface area (Å²) >= 11 is 0. The Morgan fingerprint density at radius 2 is 1.83 bits per heavy atom. The van der Waals surface area contributed by atoms with Crippen LogP contribution < -0.4 is 0 Å². The standard InChI is InChI=1S/C14H8N2O2/c1-2-4-13-10(3-1)16-14(18-13)9-5-6-12-11(7-9)15-8-17-12/h1-8H. The second kappa shape index (κ2) is 3.43. The fourth-order valence-electron chi connectivity index (χ4n) is 1.99.